The molecule has 6 nitrogen and oxygen atoms in total. The van der Waals surface area contributed by atoms with Gasteiger partial charge in [-0.05, 0) is 38.6 Å². The predicted octanol–water partition coefficient (Wildman–Crippen LogP) is 1.58. The van der Waals surface area contributed by atoms with Crippen LogP contribution in [0.25, 0.3) is 0 Å². The summed E-state index contributed by atoms with van der Waals surface area (Å²) in [6, 6.07) is 0.539. The van der Waals surface area contributed by atoms with Gasteiger partial charge in [-0.1, -0.05) is 22.1 Å². The first kappa shape index (κ1) is 20.0. The van der Waals surface area contributed by atoms with Gasteiger partial charge in [0.2, 0.25) is 0 Å². The predicted molar refractivity (Wildman–Crippen MR) is 101 cm³/mol. The number of hydrogen-bond acceptors (Lipinski definition) is 5. The zero-order valence-electron chi connectivity index (χ0n) is 14.1. The summed E-state index contributed by atoms with van der Waals surface area (Å²) in [4.78, 5) is 22.1. The van der Waals surface area contributed by atoms with Crippen molar-refractivity contribution in [1.82, 2.24) is 16.0 Å². The lowest BCUT2D eigenvalue weighted by atomic mass is 10.0. The first-order valence-corrected chi connectivity index (χ1v) is 10.6. The van der Waals surface area contributed by atoms with E-state index in [1.807, 2.05) is 11.8 Å². The molecular formula is C16H30N3O3PS. The van der Waals surface area contributed by atoms with Gasteiger partial charge in [0.05, 0.1) is 12.1 Å². The first-order chi connectivity index (χ1) is 11.6. The number of thioether (sulfide) groups is 1. The normalized spacial score (nSPS) is 26.8. The summed E-state index contributed by atoms with van der Waals surface area (Å²) in [5.41, 5.74) is 0.169. The van der Waals surface area contributed by atoms with Crippen LogP contribution in [0, 0.1) is 0 Å². The molecule has 2 rings (SSSR count). The third kappa shape index (κ3) is 6.87. The molecule has 0 spiro atoms. The number of aliphatic hydroxyl groups excluding tert-OH is 1. The Morgan fingerprint density at radius 2 is 2.12 bits per heavy atom. The third-order valence-electron chi connectivity index (χ3n) is 4.63. The van der Waals surface area contributed by atoms with Gasteiger partial charge in [-0.15, -0.1) is 0 Å². The zero-order valence-corrected chi connectivity index (χ0v) is 16.1. The fourth-order valence-corrected chi connectivity index (χ4v) is 5.05. The van der Waals surface area contributed by atoms with Crippen molar-refractivity contribution in [3.63, 3.8) is 0 Å². The Labute approximate surface area is 150 Å². The second-order valence-electron chi connectivity index (χ2n) is 6.65. The van der Waals surface area contributed by atoms with Crippen LogP contribution in [0.4, 0.5) is 4.79 Å². The van der Waals surface area contributed by atoms with Crippen LogP contribution in [0.3, 0.4) is 0 Å². The fourth-order valence-electron chi connectivity index (χ4n) is 3.30. The molecule has 0 bridgehead atoms. The first-order valence-electron chi connectivity index (χ1n) is 8.94. The molecule has 5 unspecified atom stereocenters. The standard InChI is InChI=1S/C16H30N3O3PS/c20-13(17-9-5-1-2-8-14(21)23)7-4-3-6-12-15-11(10-24-12)18-16(22)19-15/h11-13,15,17,20H,1-10,23H2,(H2,18,19,22). The smallest absolute Gasteiger partial charge is 0.315 e. The Morgan fingerprint density at radius 1 is 1.29 bits per heavy atom. The van der Waals surface area contributed by atoms with Gasteiger partial charge in [-0.3, -0.25) is 10.1 Å². The van der Waals surface area contributed by atoms with E-state index in [9.17, 15) is 14.7 Å². The van der Waals surface area contributed by atoms with E-state index in [0.29, 0.717) is 17.7 Å². The molecule has 2 fully saturated rings. The Kier molecular flexibility index (Phi) is 8.81. The number of hydrogen-bond donors (Lipinski definition) is 4. The van der Waals surface area contributed by atoms with Crippen molar-refractivity contribution in [3.05, 3.63) is 0 Å². The number of nitrogens with one attached hydrogen (secondary N) is 3. The monoisotopic (exact) mass is 375 g/mol. The lowest BCUT2D eigenvalue weighted by Crippen LogP contribution is -2.36. The highest BCUT2D eigenvalue weighted by Gasteiger charge is 2.42. The van der Waals surface area contributed by atoms with E-state index in [1.165, 1.54) is 0 Å². The summed E-state index contributed by atoms with van der Waals surface area (Å²) in [5, 5.41) is 19.5. The fraction of sp³-hybridized carbons (Fsp3) is 0.875. The summed E-state index contributed by atoms with van der Waals surface area (Å²) >= 11 is 1.94. The van der Waals surface area contributed by atoms with Crippen LogP contribution in [0.1, 0.15) is 51.4 Å². The molecule has 2 aliphatic rings. The van der Waals surface area contributed by atoms with Gasteiger partial charge in [0.1, 0.15) is 11.8 Å². The average molecular weight is 375 g/mol. The molecule has 5 atom stereocenters. The van der Waals surface area contributed by atoms with Crippen molar-refractivity contribution in [1.29, 1.82) is 0 Å². The molecule has 0 aromatic heterocycles. The minimum Gasteiger partial charge on any atom is -0.379 e. The highest BCUT2D eigenvalue weighted by Crippen LogP contribution is 2.33. The summed E-state index contributed by atoms with van der Waals surface area (Å²) in [5.74, 6) is 1.00. The maximum atomic E-state index is 11.3. The van der Waals surface area contributed by atoms with Gasteiger partial charge in [0.25, 0.3) is 0 Å². The molecule has 2 heterocycles. The van der Waals surface area contributed by atoms with Gasteiger partial charge < -0.3 is 15.7 Å². The lowest BCUT2D eigenvalue weighted by Gasteiger charge is -2.17. The molecule has 8 heteroatoms. The largest absolute Gasteiger partial charge is 0.379 e. The number of fused-ring (bicyclic) bond motifs is 1. The Hall–Kier alpha value is -0.360. The van der Waals surface area contributed by atoms with E-state index >= 15 is 0 Å². The number of amides is 2. The molecule has 2 aliphatic heterocycles. The summed E-state index contributed by atoms with van der Waals surface area (Å²) in [6.45, 7) is 0.798. The van der Waals surface area contributed by atoms with Crippen molar-refractivity contribution < 1.29 is 14.7 Å². The number of aliphatic hydroxyl groups is 1. The molecule has 0 saturated carbocycles. The van der Waals surface area contributed by atoms with Crippen LogP contribution >= 0.6 is 21.0 Å². The number of carbonyl (C=O) groups excluding carboxylic acids is 2. The summed E-state index contributed by atoms with van der Waals surface area (Å²) < 4.78 is 0. The summed E-state index contributed by atoms with van der Waals surface area (Å²) in [7, 11) is 2.20. The summed E-state index contributed by atoms with van der Waals surface area (Å²) in [6.07, 6.45) is 7.04. The quantitative estimate of drug-likeness (QED) is 0.180. The molecule has 138 valence electrons. The van der Waals surface area contributed by atoms with Crippen molar-refractivity contribution in [2.24, 2.45) is 0 Å². The van der Waals surface area contributed by atoms with Crippen molar-refractivity contribution in [2.45, 2.75) is 74.9 Å². The molecule has 0 radical (unpaired) electrons. The van der Waals surface area contributed by atoms with Crippen LogP contribution in [0.15, 0.2) is 0 Å². The molecule has 0 aromatic carbocycles. The van der Waals surface area contributed by atoms with Crippen LogP contribution in [0.2, 0.25) is 0 Å². The van der Waals surface area contributed by atoms with Gasteiger partial charge >= 0.3 is 6.03 Å². The zero-order chi connectivity index (χ0) is 17.4. The van der Waals surface area contributed by atoms with E-state index < -0.39 is 6.23 Å². The van der Waals surface area contributed by atoms with Gasteiger partial charge in [0, 0.05) is 17.4 Å². The molecule has 24 heavy (non-hydrogen) atoms. The van der Waals surface area contributed by atoms with E-state index in [2.05, 4.69) is 25.2 Å². The van der Waals surface area contributed by atoms with Gasteiger partial charge in [-0.25, -0.2) is 4.79 Å². The van der Waals surface area contributed by atoms with Crippen LogP contribution in [-0.4, -0.2) is 52.5 Å². The second kappa shape index (κ2) is 10.6. The topological polar surface area (TPSA) is 90.5 Å². The number of carbonyl (C=O) groups is 2. The van der Waals surface area contributed by atoms with E-state index in [0.717, 1.165) is 57.2 Å². The second-order valence-corrected chi connectivity index (χ2v) is 8.57. The molecule has 2 amide bonds. The van der Waals surface area contributed by atoms with Crippen molar-refractivity contribution >= 4 is 32.6 Å². The van der Waals surface area contributed by atoms with E-state index in [1.54, 1.807) is 0 Å². The number of rotatable bonds is 12. The highest BCUT2D eigenvalue weighted by atomic mass is 32.2. The molecule has 0 aliphatic carbocycles. The van der Waals surface area contributed by atoms with Crippen LogP contribution in [-0.2, 0) is 4.79 Å². The highest BCUT2D eigenvalue weighted by molar-refractivity contribution is 8.00. The minimum absolute atomic E-state index is 0.0306. The molecule has 4 N–H and O–H groups in total. The van der Waals surface area contributed by atoms with Crippen LogP contribution < -0.4 is 16.0 Å². The maximum absolute atomic E-state index is 11.3. The minimum atomic E-state index is -0.440. The Bertz CT molecular complexity index is 427. The maximum Gasteiger partial charge on any atom is 0.315 e. The SMILES string of the molecule is O=C(P)CCCCCNC(O)CCCCC1SCC2NC(=O)NC21. The van der Waals surface area contributed by atoms with Crippen molar-refractivity contribution in [3.8, 4) is 0 Å². The van der Waals surface area contributed by atoms with Crippen molar-refractivity contribution in [2.75, 3.05) is 12.3 Å². The lowest BCUT2D eigenvalue weighted by molar-refractivity contribution is -0.111. The molecule has 2 saturated heterocycles. The van der Waals surface area contributed by atoms with E-state index in [-0.39, 0.29) is 17.6 Å². The number of urea groups is 1. The Morgan fingerprint density at radius 3 is 2.92 bits per heavy atom. The van der Waals surface area contributed by atoms with E-state index in [4.69, 9.17) is 0 Å². The molecule has 0 aromatic rings. The third-order valence-corrected chi connectivity index (χ3v) is 6.43. The number of unbranched alkanes of at least 4 members (excludes halogenated alkanes) is 3. The molecular weight excluding hydrogens is 345 g/mol. The van der Waals surface area contributed by atoms with Gasteiger partial charge in [-0.2, -0.15) is 11.8 Å². The average Bonchev–Trinajstić information content (AvgIpc) is 3.06. The Balaban J connectivity index is 1.44. The van der Waals surface area contributed by atoms with Crippen LogP contribution in [0.5, 0.6) is 0 Å². The van der Waals surface area contributed by atoms with Gasteiger partial charge in [0.15, 0.2) is 0 Å².